The van der Waals surface area contributed by atoms with Crippen molar-refractivity contribution in [3.8, 4) is 0 Å². The first-order chi connectivity index (χ1) is 13.7. The topological polar surface area (TPSA) is 80.0 Å². The lowest BCUT2D eigenvalue weighted by molar-refractivity contribution is 0.0929. The number of hydrogen-bond donors (Lipinski definition) is 2. The predicted octanol–water partition coefficient (Wildman–Crippen LogP) is 4.33. The van der Waals surface area contributed by atoms with Crippen LogP contribution in [-0.2, 0) is 6.42 Å². The van der Waals surface area contributed by atoms with Gasteiger partial charge in [0.1, 0.15) is 11.6 Å². The molecule has 28 heavy (non-hydrogen) atoms. The van der Waals surface area contributed by atoms with E-state index >= 15 is 0 Å². The highest BCUT2D eigenvalue weighted by molar-refractivity contribution is 5.97. The molecular formula is C22H20N4O2. The van der Waals surface area contributed by atoms with E-state index < -0.39 is 0 Å². The molecule has 2 N–H and O–H groups in total. The van der Waals surface area contributed by atoms with Crippen molar-refractivity contribution in [1.82, 2.24) is 15.3 Å². The Morgan fingerprint density at radius 3 is 2.57 bits per heavy atom. The minimum atomic E-state index is -0.319. The van der Waals surface area contributed by atoms with Gasteiger partial charge in [0.25, 0.3) is 5.91 Å². The number of nitrogens with one attached hydrogen (secondary N) is 2. The van der Waals surface area contributed by atoms with Crippen LogP contribution in [0, 0.1) is 0 Å². The number of rotatable bonds is 6. The van der Waals surface area contributed by atoms with Crippen LogP contribution in [0.4, 0.5) is 11.5 Å². The van der Waals surface area contributed by atoms with Gasteiger partial charge in [-0.25, -0.2) is 9.97 Å². The maximum Gasteiger partial charge on any atom is 0.289 e. The lowest BCUT2D eigenvalue weighted by Gasteiger charge is -2.14. The second-order valence-electron chi connectivity index (χ2n) is 6.56. The number of amides is 1. The van der Waals surface area contributed by atoms with Gasteiger partial charge in [0.15, 0.2) is 0 Å². The molecule has 4 rings (SSSR count). The van der Waals surface area contributed by atoms with Crippen LogP contribution in [0.3, 0.4) is 0 Å². The van der Waals surface area contributed by atoms with Gasteiger partial charge in [-0.3, -0.25) is 4.79 Å². The molecule has 0 saturated heterocycles. The molecule has 1 amide bonds. The van der Waals surface area contributed by atoms with Gasteiger partial charge in [-0.2, -0.15) is 0 Å². The molecular weight excluding hydrogens is 352 g/mol. The third-order valence-electron chi connectivity index (χ3n) is 4.31. The first kappa shape index (κ1) is 17.7. The van der Waals surface area contributed by atoms with E-state index in [1.54, 1.807) is 6.26 Å². The normalized spacial score (nSPS) is 11.9. The van der Waals surface area contributed by atoms with E-state index in [1.165, 1.54) is 0 Å². The highest BCUT2D eigenvalue weighted by Gasteiger charge is 2.17. The minimum absolute atomic E-state index is 0.112. The van der Waals surface area contributed by atoms with Gasteiger partial charge in [-0.15, -0.1) is 0 Å². The fourth-order valence-corrected chi connectivity index (χ4v) is 3.00. The van der Waals surface area contributed by atoms with Gasteiger partial charge >= 0.3 is 0 Å². The first-order valence-corrected chi connectivity index (χ1v) is 9.11. The van der Waals surface area contributed by atoms with Crippen LogP contribution in [0.25, 0.3) is 10.9 Å². The van der Waals surface area contributed by atoms with E-state index in [9.17, 15) is 4.79 Å². The molecule has 0 spiro atoms. The second kappa shape index (κ2) is 7.92. The summed E-state index contributed by atoms with van der Waals surface area (Å²) in [6.07, 6.45) is 2.22. The molecule has 2 aromatic heterocycles. The van der Waals surface area contributed by atoms with Crippen molar-refractivity contribution in [3.63, 3.8) is 0 Å². The Hall–Kier alpha value is -3.67. The zero-order valence-electron chi connectivity index (χ0n) is 15.4. The fraction of sp³-hybridized carbons (Fsp3) is 0.136. The number of benzene rings is 2. The number of fused-ring (bicyclic) bond motifs is 1. The third kappa shape index (κ3) is 4.01. The summed E-state index contributed by atoms with van der Waals surface area (Å²) in [5.41, 5.74) is 1.60. The predicted molar refractivity (Wildman–Crippen MR) is 109 cm³/mol. The summed E-state index contributed by atoms with van der Waals surface area (Å²) in [6.45, 7) is 1.92. The number of nitrogens with zero attached hydrogens (tertiary/aromatic N) is 2. The Bertz CT molecular complexity index is 1080. The van der Waals surface area contributed by atoms with Gasteiger partial charge < -0.3 is 15.1 Å². The van der Waals surface area contributed by atoms with Crippen LogP contribution in [0.15, 0.2) is 77.4 Å². The zero-order valence-corrected chi connectivity index (χ0v) is 15.4. The van der Waals surface area contributed by atoms with E-state index in [-0.39, 0.29) is 17.8 Å². The average molecular weight is 372 g/mol. The molecule has 140 valence electrons. The van der Waals surface area contributed by atoms with Gasteiger partial charge in [-0.1, -0.05) is 30.3 Å². The van der Waals surface area contributed by atoms with Crippen LogP contribution >= 0.6 is 0 Å². The lowest BCUT2D eigenvalue weighted by Crippen LogP contribution is -2.35. The minimum Gasteiger partial charge on any atom is -0.469 e. The van der Waals surface area contributed by atoms with Crippen LogP contribution < -0.4 is 10.6 Å². The smallest absolute Gasteiger partial charge is 0.289 e. The zero-order chi connectivity index (χ0) is 19.3. The van der Waals surface area contributed by atoms with Gasteiger partial charge in [0.05, 0.1) is 11.8 Å². The number of para-hydroxylation sites is 2. The summed E-state index contributed by atoms with van der Waals surface area (Å²) in [5.74, 6) is 1.23. The molecule has 0 aliphatic rings. The summed E-state index contributed by atoms with van der Waals surface area (Å²) >= 11 is 0. The molecule has 0 aliphatic heterocycles. The standard InChI is InChI=1S/C22H20N4O2/c1-15(14-17-10-7-13-28-17)23-22(27)21-25-19-12-6-5-11-18(19)20(26-21)24-16-8-3-2-4-9-16/h2-13,15H,14H2,1H3,(H,23,27)(H,24,25,26)/t15-/m0/s1. The Morgan fingerprint density at radius 1 is 1.00 bits per heavy atom. The quantitative estimate of drug-likeness (QED) is 0.527. The molecule has 0 aliphatic carbocycles. The first-order valence-electron chi connectivity index (χ1n) is 9.11. The van der Waals surface area contributed by atoms with E-state index in [1.807, 2.05) is 73.7 Å². The van der Waals surface area contributed by atoms with Crippen LogP contribution in [0.5, 0.6) is 0 Å². The van der Waals surface area contributed by atoms with Crippen molar-refractivity contribution >= 4 is 28.3 Å². The average Bonchev–Trinajstić information content (AvgIpc) is 3.21. The Kier molecular flexibility index (Phi) is 5.01. The van der Waals surface area contributed by atoms with Crippen LogP contribution in [-0.4, -0.2) is 21.9 Å². The van der Waals surface area contributed by atoms with Crippen molar-refractivity contribution < 1.29 is 9.21 Å². The highest BCUT2D eigenvalue weighted by atomic mass is 16.3. The number of hydrogen-bond acceptors (Lipinski definition) is 5. The summed E-state index contributed by atoms with van der Waals surface area (Å²) in [7, 11) is 0. The molecule has 0 saturated carbocycles. The van der Waals surface area contributed by atoms with Gasteiger partial charge in [-0.05, 0) is 43.3 Å². The van der Waals surface area contributed by atoms with E-state index in [0.717, 1.165) is 16.8 Å². The van der Waals surface area contributed by atoms with E-state index in [0.29, 0.717) is 17.8 Å². The van der Waals surface area contributed by atoms with E-state index in [4.69, 9.17) is 4.42 Å². The molecule has 0 bridgehead atoms. The molecule has 0 fully saturated rings. The fourth-order valence-electron chi connectivity index (χ4n) is 3.00. The molecule has 6 heteroatoms. The molecule has 0 unspecified atom stereocenters. The maximum absolute atomic E-state index is 12.7. The van der Waals surface area contributed by atoms with Gasteiger partial charge in [0, 0.05) is 23.5 Å². The Morgan fingerprint density at radius 2 is 1.79 bits per heavy atom. The monoisotopic (exact) mass is 372 g/mol. The van der Waals surface area contributed by atoms with Gasteiger partial charge in [0.2, 0.25) is 5.82 Å². The van der Waals surface area contributed by atoms with Crippen molar-refractivity contribution in [2.24, 2.45) is 0 Å². The summed E-state index contributed by atoms with van der Waals surface area (Å²) in [5, 5.41) is 7.08. The number of furan rings is 1. The highest BCUT2D eigenvalue weighted by Crippen LogP contribution is 2.23. The van der Waals surface area contributed by atoms with Crippen molar-refractivity contribution in [2.75, 3.05) is 5.32 Å². The second-order valence-corrected chi connectivity index (χ2v) is 6.56. The number of anilines is 2. The Labute approximate surface area is 162 Å². The largest absolute Gasteiger partial charge is 0.469 e. The number of aromatic nitrogens is 2. The van der Waals surface area contributed by atoms with Crippen molar-refractivity contribution in [2.45, 2.75) is 19.4 Å². The molecule has 2 aromatic carbocycles. The number of carbonyl (C=O) groups is 1. The number of carbonyl (C=O) groups excluding carboxylic acids is 1. The molecule has 4 aromatic rings. The van der Waals surface area contributed by atoms with Crippen LogP contribution in [0.2, 0.25) is 0 Å². The molecule has 0 radical (unpaired) electrons. The third-order valence-corrected chi connectivity index (χ3v) is 4.31. The Balaban J connectivity index is 1.60. The molecule has 2 heterocycles. The summed E-state index contributed by atoms with van der Waals surface area (Å²) in [6, 6.07) is 20.9. The van der Waals surface area contributed by atoms with Crippen molar-refractivity contribution in [1.29, 1.82) is 0 Å². The van der Waals surface area contributed by atoms with Crippen molar-refractivity contribution in [3.05, 3.63) is 84.6 Å². The maximum atomic E-state index is 12.7. The molecule has 1 atom stereocenters. The lowest BCUT2D eigenvalue weighted by atomic mass is 10.2. The van der Waals surface area contributed by atoms with E-state index in [2.05, 4.69) is 20.6 Å². The summed E-state index contributed by atoms with van der Waals surface area (Å²) in [4.78, 5) is 21.7. The summed E-state index contributed by atoms with van der Waals surface area (Å²) < 4.78 is 5.34. The molecule has 6 nitrogen and oxygen atoms in total. The SMILES string of the molecule is C[C@@H](Cc1ccco1)NC(=O)c1nc(Nc2ccccc2)c2ccccc2n1. The van der Waals surface area contributed by atoms with Crippen LogP contribution in [0.1, 0.15) is 23.3 Å².